The molecular weight excluding hydrogens is 498 g/mol. The number of carbonyl (C=O) groups excluding carboxylic acids is 2. The molecule has 0 spiro atoms. The van der Waals surface area contributed by atoms with Gasteiger partial charge in [0, 0.05) is 17.6 Å². The topological polar surface area (TPSA) is 96.0 Å². The first kappa shape index (κ1) is 25.7. The zero-order valence-corrected chi connectivity index (χ0v) is 20.9. The van der Waals surface area contributed by atoms with Gasteiger partial charge >= 0.3 is 0 Å². The molecule has 174 valence electrons. The number of amides is 2. The number of nitrogens with one attached hydrogen (secondary N) is 1. The van der Waals surface area contributed by atoms with E-state index in [-0.39, 0.29) is 12.5 Å². The van der Waals surface area contributed by atoms with Gasteiger partial charge in [0.2, 0.25) is 21.8 Å². The van der Waals surface area contributed by atoms with Crippen LogP contribution < -0.4 is 14.4 Å². The van der Waals surface area contributed by atoms with Crippen LogP contribution in [-0.4, -0.2) is 57.6 Å². The summed E-state index contributed by atoms with van der Waals surface area (Å²) in [5.74, 6) is -0.144. The molecule has 1 N–H and O–H groups in total. The molecule has 2 rings (SSSR count). The normalized spacial score (nSPS) is 12.0. The van der Waals surface area contributed by atoms with Gasteiger partial charge in [-0.1, -0.05) is 34.1 Å². The molecule has 0 aliphatic heterocycles. The molecule has 0 aliphatic carbocycles. The number of carbonyl (C=O) groups is 2. The molecule has 0 heterocycles. The van der Waals surface area contributed by atoms with Crippen LogP contribution in [0.2, 0.25) is 0 Å². The second-order valence-corrected chi connectivity index (χ2v) is 10.0. The van der Waals surface area contributed by atoms with Crippen LogP contribution in [0.15, 0.2) is 53.0 Å². The molecule has 0 radical (unpaired) electrons. The monoisotopic (exact) mass is 525 g/mol. The summed E-state index contributed by atoms with van der Waals surface area (Å²) >= 11 is 3.33. The number of hydrogen-bond donors (Lipinski definition) is 1. The first-order chi connectivity index (χ1) is 15.1. The molecule has 2 aromatic rings. The van der Waals surface area contributed by atoms with E-state index in [1.807, 2.05) is 0 Å². The highest BCUT2D eigenvalue weighted by Gasteiger charge is 2.29. The second-order valence-electron chi connectivity index (χ2n) is 7.19. The Morgan fingerprint density at radius 3 is 2.34 bits per heavy atom. The Morgan fingerprint density at radius 2 is 1.81 bits per heavy atom. The Labute approximate surface area is 197 Å². The van der Waals surface area contributed by atoms with Crippen LogP contribution in [0, 0.1) is 0 Å². The van der Waals surface area contributed by atoms with Gasteiger partial charge in [0.25, 0.3) is 0 Å². The lowest BCUT2D eigenvalue weighted by atomic mass is 10.1. The molecule has 10 heteroatoms. The zero-order chi connectivity index (χ0) is 23.9. The van der Waals surface area contributed by atoms with Crippen LogP contribution in [0.4, 0.5) is 5.69 Å². The Hall–Kier alpha value is -2.59. The number of anilines is 1. The third-order valence-corrected chi connectivity index (χ3v) is 6.44. The predicted octanol–water partition coefficient (Wildman–Crippen LogP) is 2.78. The molecule has 32 heavy (non-hydrogen) atoms. The van der Waals surface area contributed by atoms with E-state index in [2.05, 4.69) is 21.2 Å². The maximum Gasteiger partial charge on any atom is 0.244 e. The molecule has 0 aromatic heterocycles. The largest absolute Gasteiger partial charge is 0.497 e. The number of ether oxygens (including phenoxy) is 1. The van der Waals surface area contributed by atoms with E-state index in [1.54, 1.807) is 69.5 Å². The molecule has 0 aliphatic rings. The third-order valence-electron chi connectivity index (χ3n) is 4.81. The summed E-state index contributed by atoms with van der Waals surface area (Å²) in [6.45, 7) is 3.53. The number of sulfonamides is 1. The maximum atomic E-state index is 13.3. The molecule has 2 aromatic carbocycles. The van der Waals surface area contributed by atoms with E-state index in [0.29, 0.717) is 22.5 Å². The van der Waals surface area contributed by atoms with Gasteiger partial charge in [-0.3, -0.25) is 13.9 Å². The number of benzene rings is 2. The Kier molecular flexibility index (Phi) is 9.09. The zero-order valence-electron chi connectivity index (χ0n) is 18.5. The Morgan fingerprint density at radius 1 is 1.16 bits per heavy atom. The number of hydrogen-bond acceptors (Lipinski definition) is 5. The lowest BCUT2D eigenvalue weighted by molar-refractivity contribution is -0.139. The average molecular weight is 526 g/mol. The smallest absolute Gasteiger partial charge is 0.244 e. The van der Waals surface area contributed by atoms with Crippen LogP contribution in [0.1, 0.15) is 19.4 Å². The number of rotatable bonds is 10. The molecule has 0 saturated carbocycles. The molecule has 0 bridgehead atoms. The predicted molar refractivity (Wildman–Crippen MR) is 128 cm³/mol. The minimum absolute atomic E-state index is 0.136. The standard InChI is InChI=1S/C22H28BrN3O5S/c1-5-24-22(28)16(2)25(14-17-9-11-20(31-3)12-10-17)21(27)15-26(32(4,29)30)19-8-6-7-18(23)13-19/h6-13,16H,5,14-15H2,1-4H3,(H,24,28)/t16-/m1/s1. The van der Waals surface area contributed by atoms with Gasteiger partial charge in [-0.25, -0.2) is 8.42 Å². The van der Waals surface area contributed by atoms with Gasteiger partial charge in [-0.15, -0.1) is 0 Å². The van der Waals surface area contributed by atoms with Gasteiger partial charge in [0.1, 0.15) is 18.3 Å². The average Bonchev–Trinajstić information content (AvgIpc) is 2.75. The fourth-order valence-corrected chi connectivity index (χ4v) is 4.31. The van der Waals surface area contributed by atoms with Crippen molar-refractivity contribution in [1.29, 1.82) is 0 Å². The van der Waals surface area contributed by atoms with E-state index >= 15 is 0 Å². The summed E-state index contributed by atoms with van der Waals surface area (Å²) in [7, 11) is -2.19. The number of likely N-dealkylation sites (N-methyl/N-ethyl adjacent to an activating group) is 1. The first-order valence-electron chi connectivity index (χ1n) is 10.00. The highest BCUT2D eigenvalue weighted by atomic mass is 79.9. The van der Waals surface area contributed by atoms with E-state index in [4.69, 9.17) is 4.74 Å². The van der Waals surface area contributed by atoms with Crippen molar-refractivity contribution in [3.8, 4) is 5.75 Å². The van der Waals surface area contributed by atoms with E-state index < -0.39 is 28.5 Å². The van der Waals surface area contributed by atoms with Crippen molar-refractivity contribution in [1.82, 2.24) is 10.2 Å². The summed E-state index contributed by atoms with van der Waals surface area (Å²) in [5.41, 5.74) is 1.13. The Bertz CT molecular complexity index is 1040. The van der Waals surface area contributed by atoms with Crippen LogP contribution in [-0.2, 0) is 26.2 Å². The third kappa shape index (κ3) is 6.96. The fraction of sp³-hybridized carbons (Fsp3) is 0.364. The lowest BCUT2D eigenvalue weighted by Crippen LogP contribution is -2.51. The highest BCUT2D eigenvalue weighted by Crippen LogP contribution is 2.23. The first-order valence-corrected chi connectivity index (χ1v) is 12.6. The van der Waals surface area contributed by atoms with Gasteiger partial charge in [0.05, 0.1) is 19.1 Å². The van der Waals surface area contributed by atoms with Crippen molar-refractivity contribution in [2.45, 2.75) is 26.4 Å². The Balaban J connectivity index is 2.36. The maximum absolute atomic E-state index is 13.3. The molecule has 0 saturated heterocycles. The molecule has 8 nitrogen and oxygen atoms in total. The minimum atomic E-state index is -3.75. The van der Waals surface area contributed by atoms with Gasteiger partial charge in [-0.2, -0.15) is 0 Å². The van der Waals surface area contributed by atoms with E-state index in [9.17, 15) is 18.0 Å². The summed E-state index contributed by atoms with van der Waals surface area (Å²) in [5, 5.41) is 2.72. The summed E-state index contributed by atoms with van der Waals surface area (Å²) in [6.07, 6.45) is 1.04. The second kappa shape index (κ2) is 11.3. The van der Waals surface area contributed by atoms with Crippen molar-refractivity contribution in [3.05, 3.63) is 58.6 Å². The van der Waals surface area contributed by atoms with Gasteiger partial charge < -0.3 is 15.0 Å². The van der Waals surface area contributed by atoms with Crippen molar-refractivity contribution < 1.29 is 22.7 Å². The minimum Gasteiger partial charge on any atom is -0.497 e. The van der Waals surface area contributed by atoms with Crippen molar-refractivity contribution in [2.24, 2.45) is 0 Å². The van der Waals surface area contributed by atoms with Crippen molar-refractivity contribution >= 4 is 43.5 Å². The number of nitrogens with zero attached hydrogens (tertiary/aromatic N) is 2. The summed E-state index contributed by atoms with van der Waals surface area (Å²) in [6, 6.07) is 13.0. The molecule has 0 unspecified atom stereocenters. The SMILES string of the molecule is CCNC(=O)[C@@H](C)N(Cc1ccc(OC)cc1)C(=O)CN(c1cccc(Br)c1)S(C)(=O)=O. The molecule has 2 amide bonds. The van der Waals surface area contributed by atoms with Gasteiger partial charge in [0.15, 0.2) is 0 Å². The molecule has 0 fully saturated rings. The number of methoxy groups -OCH3 is 1. The summed E-state index contributed by atoms with van der Waals surface area (Å²) in [4.78, 5) is 27.2. The highest BCUT2D eigenvalue weighted by molar-refractivity contribution is 9.10. The lowest BCUT2D eigenvalue weighted by Gasteiger charge is -2.31. The summed E-state index contributed by atoms with van der Waals surface area (Å²) < 4.78 is 31.8. The van der Waals surface area contributed by atoms with Gasteiger partial charge in [-0.05, 0) is 49.7 Å². The van der Waals surface area contributed by atoms with Crippen molar-refractivity contribution in [3.63, 3.8) is 0 Å². The molecular formula is C22H28BrN3O5S. The van der Waals surface area contributed by atoms with Crippen molar-refractivity contribution in [2.75, 3.05) is 30.8 Å². The fourth-order valence-electron chi connectivity index (χ4n) is 3.08. The van der Waals surface area contributed by atoms with E-state index in [1.165, 1.54) is 4.90 Å². The van der Waals surface area contributed by atoms with Crippen LogP contribution in [0.5, 0.6) is 5.75 Å². The number of halogens is 1. The van der Waals surface area contributed by atoms with E-state index in [0.717, 1.165) is 16.1 Å². The van der Waals surface area contributed by atoms with Crippen LogP contribution in [0.25, 0.3) is 0 Å². The van der Waals surface area contributed by atoms with Crippen LogP contribution in [0.3, 0.4) is 0 Å². The quantitative estimate of drug-likeness (QED) is 0.514. The molecule has 1 atom stereocenters. The van der Waals surface area contributed by atoms with Crippen LogP contribution >= 0.6 is 15.9 Å².